The van der Waals surface area contributed by atoms with E-state index in [1.807, 2.05) is 0 Å². The summed E-state index contributed by atoms with van der Waals surface area (Å²) in [4.78, 5) is 4.78. The molecule has 1 aliphatic heterocycles. The molecule has 0 aromatic heterocycles. The molecular weight excluding hydrogens is 417 g/mol. The fourth-order valence-electron chi connectivity index (χ4n) is 3.06. The lowest BCUT2D eigenvalue weighted by molar-refractivity contribution is 0.131. The van der Waals surface area contributed by atoms with Gasteiger partial charge in [0.2, 0.25) is 0 Å². The average Bonchev–Trinajstić information content (AvgIpc) is 3.02. The first-order valence-corrected chi connectivity index (χ1v) is 9.40. The summed E-state index contributed by atoms with van der Waals surface area (Å²) < 4.78 is 5.54. The summed E-state index contributed by atoms with van der Waals surface area (Å²) in [6.07, 6.45) is 6.80. The monoisotopic (exact) mass is 455 g/mol. The van der Waals surface area contributed by atoms with E-state index in [9.17, 15) is 5.11 Å². The zero-order valence-electron chi connectivity index (χ0n) is 15.8. The summed E-state index contributed by atoms with van der Waals surface area (Å²) in [5, 5.41) is 16.2. The summed E-state index contributed by atoms with van der Waals surface area (Å²) in [5.41, 5.74) is 0.0173. The zero-order valence-corrected chi connectivity index (χ0v) is 18.1. The SMILES string of the molecule is CCCCC(CC)CNC(=NCC1(CCO)CCOC1)NCC.I. The molecule has 3 N–H and O–H groups in total. The van der Waals surface area contributed by atoms with E-state index in [2.05, 4.69) is 31.4 Å². The van der Waals surface area contributed by atoms with Crippen LogP contribution in [0, 0.1) is 11.3 Å². The van der Waals surface area contributed by atoms with Gasteiger partial charge in [0, 0.05) is 31.7 Å². The van der Waals surface area contributed by atoms with Crippen LogP contribution in [0.3, 0.4) is 0 Å². The Bertz CT molecular complexity index is 334. The van der Waals surface area contributed by atoms with Crippen LogP contribution in [0.15, 0.2) is 4.99 Å². The predicted molar refractivity (Wildman–Crippen MR) is 112 cm³/mol. The summed E-state index contributed by atoms with van der Waals surface area (Å²) in [7, 11) is 0. The predicted octanol–water partition coefficient (Wildman–Crippen LogP) is 3.17. The largest absolute Gasteiger partial charge is 0.396 e. The molecule has 1 fully saturated rings. The average molecular weight is 455 g/mol. The molecule has 5 nitrogen and oxygen atoms in total. The van der Waals surface area contributed by atoms with Gasteiger partial charge in [-0.15, -0.1) is 24.0 Å². The van der Waals surface area contributed by atoms with Gasteiger partial charge in [0.1, 0.15) is 0 Å². The normalized spacial score (nSPS) is 22.1. The Hall–Kier alpha value is -0.0800. The summed E-state index contributed by atoms with van der Waals surface area (Å²) >= 11 is 0. The van der Waals surface area contributed by atoms with Crippen molar-refractivity contribution in [2.75, 3.05) is 39.5 Å². The fourth-order valence-corrected chi connectivity index (χ4v) is 3.06. The van der Waals surface area contributed by atoms with Gasteiger partial charge in [-0.25, -0.2) is 0 Å². The maximum absolute atomic E-state index is 9.32. The molecule has 0 spiro atoms. The number of aliphatic hydroxyl groups is 1. The van der Waals surface area contributed by atoms with Gasteiger partial charge in [0.05, 0.1) is 13.2 Å². The summed E-state index contributed by atoms with van der Waals surface area (Å²) in [6.45, 7) is 10.9. The second kappa shape index (κ2) is 14.1. The Morgan fingerprint density at radius 2 is 2.08 bits per heavy atom. The van der Waals surface area contributed by atoms with E-state index in [1.54, 1.807) is 0 Å². The number of rotatable bonds is 11. The molecule has 1 saturated heterocycles. The van der Waals surface area contributed by atoms with Gasteiger partial charge in [-0.1, -0.05) is 33.1 Å². The van der Waals surface area contributed by atoms with Crippen molar-refractivity contribution >= 4 is 29.9 Å². The highest BCUT2D eigenvalue weighted by Gasteiger charge is 2.34. The van der Waals surface area contributed by atoms with E-state index in [0.29, 0.717) is 19.1 Å². The molecule has 1 rings (SSSR count). The lowest BCUT2D eigenvalue weighted by Crippen LogP contribution is -2.41. The number of hydrogen-bond donors (Lipinski definition) is 3. The van der Waals surface area contributed by atoms with E-state index in [0.717, 1.165) is 38.5 Å². The molecular formula is C18H38IN3O2. The van der Waals surface area contributed by atoms with Gasteiger partial charge in [-0.05, 0) is 32.1 Å². The van der Waals surface area contributed by atoms with Crippen molar-refractivity contribution in [2.24, 2.45) is 16.3 Å². The third-order valence-electron chi connectivity index (χ3n) is 4.85. The fraction of sp³-hybridized carbons (Fsp3) is 0.944. The van der Waals surface area contributed by atoms with Crippen molar-refractivity contribution in [2.45, 2.75) is 59.3 Å². The van der Waals surface area contributed by atoms with Crippen LogP contribution in [-0.2, 0) is 4.74 Å². The molecule has 0 saturated carbocycles. The number of aliphatic imine (C=N–C) groups is 1. The van der Waals surface area contributed by atoms with E-state index in [4.69, 9.17) is 9.73 Å². The smallest absolute Gasteiger partial charge is 0.191 e. The van der Waals surface area contributed by atoms with Crippen molar-refractivity contribution < 1.29 is 9.84 Å². The highest BCUT2D eigenvalue weighted by Crippen LogP contribution is 2.32. The molecule has 1 aliphatic rings. The first-order valence-electron chi connectivity index (χ1n) is 9.40. The quantitative estimate of drug-likeness (QED) is 0.255. The minimum atomic E-state index is 0. The van der Waals surface area contributed by atoms with Crippen molar-refractivity contribution in [3.05, 3.63) is 0 Å². The van der Waals surface area contributed by atoms with Crippen molar-refractivity contribution in [3.8, 4) is 0 Å². The first kappa shape index (κ1) is 23.9. The maximum atomic E-state index is 9.32. The molecule has 2 atom stereocenters. The Morgan fingerprint density at radius 3 is 2.62 bits per heavy atom. The van der Waals surface area contributed by atoms with Crippen LogP contribution in [0.25, 0.3) is 0 Å². The standard InChI is InChI=1S/C18H37N3O2.HI/c1-4-7-8-16(5-2)13-20-17(19-6-3)21-14-18(9-11-22)10-12-23-15-18;/h16,22H,4-15H2,1-3H3,(H2,19,20,21);1H. The number of halogens is 1. The van der Waals surface area contributed by atoms with Crippen molar-refractivity contribution in [1.29, 1.82) is 0 Å². The Morgan fingerprint density at radius 1 is 1.29 bits per heavy atom. The summed E-state index contributed by atoms with van der Waals surface area (Å²) in [5.74, 6) is 1.60. The molecule has 0 radical (unpaired) electrons. The van der Waals surface area contributed by atoms with Crippen LogP contribution in [0.5, 0.6) is 0 Å². The van der Waals surface area contributed by atoms with Crippen molar-refractivity contribution in [1.82, 2.24) is 10.6 Å². The molecule has 6 heteroatoms. The number of hydrogen-bond acceptors (Lipinski definition) is 3. The van der Waals surface area contributed by atoms with Crippen LogP contribution >= 0.6 is 24.0 Å². The Labute approximate surface area is 165 Å². The first-order chi connectivity index (χ1) is 11.2. The van der Waals surface area contributed by atoms with Crippen LogP contribution in [0.1, 0.15) is 59.3 Å². The summed E-state index contributed by atoms with van der Waals surface area (Å²) in [6, 6.07) is 0. The van der Waals surface area contributed by atoms with Crippen molar-refractivity contribution in [3.63, 3.8) is 0 Å². The number of aliphatic hydroxyl groups excluding tert-OH is 1. The second-order valence-electron chi connectivity index (χ2n) is 6.77. The highest BCUT2D eigenvalue weighted by molar-refractivity contribution is 14.0. The minimum Gasteiger partial charge on any atom is -0.396 e. The third kappa shape index (κ3) is 8.85. The van der Waals surface area contributed by atoms with Gasteiger partial charge < -0.3 is 20.5 Å². The van der Waals surface area contributed by atoms with Crippen LogP contribution in [0.4, 0.5) is 0 Å². The number of unbranched alkanes of at least 4 members (excludes halogenated alkanes) is 1. The highest BCUT2D eigenvalue weighted by atomic mass is 127. The van der Waals surface area contributed by atoms with Gasteiger partial charge in [0.15, 0.2) is 5.96 Å². The molecule has 24 heavy (non-hydrogen) atoms. The van der Waals surface area contributed by atoms with Crippen LogP contribution in [0.2, 0.25) is 0 Å². The van der Waals surface area contributed by atoms with Gasteiger partial charge in [-0.3, -0.25) is 4.99 Å². The number of nitrogens with zero attached hydrogens (tertiary/aromatic N) is 1. The Kier molecular flexibility index (Phi) is 14.1. The number of ether oxygens (including phenoxy) is 1. The number of nitrogens with one attached hydrogen (secondary N) is 2. The lowest BCUT2D eigenvalue weighted by atomic mass is 9.84. The molecule has 0 aliphatic carbocycles. The molecule has 0 amide bonds. The van der Waals surface area contributed by atoms with Crippen LogP contribution in [-0.4, -0.2) is 50.5 Å². The lowest BCUT2D eigenvalue weighted by Gasteiger charge is -2.25. The van der Waals surface area contributed by atoms with Crippen LogP contribution < -0.4 is 10.6 Å². The molecule has 1 heterocycles. The molecule has 2 unspecified atom stereocenters. The molecule has 144 valence electrons. The van der Waals surface area contributed by atoms with E-state index >= 15 is 0 Å². The molecule has 0 aromatic rings. The van der Waals surface area contributed by atoms with E-state index in [1.165, 1.54) is 25.7 Å². The molecule has 0 aromatic carbocycles. The molecule has 0 bridgehead atoms. The zero-order chi connectivity index (χ0) is 17.0. The topological polar surface area (TPSA) is 65.9 Å². The number of guanidine groups is 1. The maximum Gasteiger partial charge on any atom is 0.191 e. The Balaban J connectivity index is 0.00000529. The van der Waals surface area contributed by atoms with E-state index < -0.39 is 0 Å². The van der Waals surface area contributed by atoms with Gasteiger partial charge in [0.25, 0.3) is 0 Å². The van der Waals surface area contributed by atoms with E-state index in [-0.39, 0.29) is 36.0 Å². The third-order valence-corrected chi connectivity index (χ3v) is 4.85. The second-order valence-corrected chi connectivity index (χ2v) is 6.77. The minimum absolute atomic E-state index is 0. The van der Waals surface area contributed by atoms with Gasteiger partial charge in [-0.2, -0.15) is 0 Å². The van der Waals surface area contributed by atoms with Gasteiger partial charge >= 0.3 is 0 Å².